The molecule has 0 amide bonds. The number of rotatable bonds is 5. The van der Waals surface area contributed by atoms with Crippen LogP contribution in [0.5, 0.6) is 0 Å². The van der Waals surface area contributed by atoms with E-state index in [9.17, 15) is 4.79 Å². The maximum Gasteiger partial charge on any atom is 0.418 e. The molecule has 0 aliphatic carbocycles. The van der Waals surface area contributed by atoms with E-state index in [2.05, 4.69) is 6.92 Å². The van der Waals surface area contributed by atoms with Gasteiger partial charge in [0, 0.05) is 0 Å². The van der Waals surface area contributed by atoms with Crippen LogP contribution in [0, 0.1) is 0 Å². The van der Waals surface area contributed by atoms with Crippen LogP contribution in [0.1, 0.15) is 40.0 Å². The van der Waals surface area contributed by atoms with Crippen molar-refractivity contribution in [3.63, 3.8) is 0 Å². The molecule has 0 aliphatic heterocycles. The van der Waals surface area contributed by atoms with Crippen LogP contribution in [0.25, 0.3) is 0 Å². The van der Waals surface area contributed by atoms with Gasteiger partial charge in [0.1, 0.15) is 5.60 Å². The average molecular weight is 143 g/mol. The highest BCUT2D eigenvalue weighted by molar-refractivity contribution is 5.39. The predicted molar refractivity (Wildman–Crippen MR) is 40.4 cm³/mol. The molecular formula is C8H15O2. The molecule has 0 N–H and O–H groups in total. The number of carbonyl (C=O) groups excluding carboxylic acids is 1. The molecule has 0 fully saturated rings. The van der Waals surface area contributed by atoms with Crippen LogP contribution in [0.15, 0.2) is 0 Å². The summed E-state index contributed by atoms with van der Waals surface area (Å²) in [7, 11) is 0. The summed E-state index contributed by atoms with van der Waals surface area (Å²) < 4.78 is 4.81. The van der Waals surface area contributed by atoms with E-state index in [4.69, 9.17) is 4.74 Å². The maximum absolute atomic E-state index is 9.91. The summed E-state index contributed by atoms with van der Waals surface area (Å²) in [5.74, 6) is 0. The van der Waals surface area contributed by atoms with Gasteiger partial charge < -0.3 is 4.74 Å². The summed E-state index contributed by atoms with van der Waals surface area (Å²) >= 11 is 0. The first-order valence-electron chi connectivity index (χ1n) is 3.73. The SMILES string of the molecule is CCCC(C)(CC)O[C]=O. The summed E-state index contributed by atoms with van der Waals surface area (Å²) in [5, 5.41) is 0. The van der Waals surface area contributed by atoms with E-state index in [1.807, 2.05) is 13.8 Å². The molecule has 2 nitrogen and oxygen atoms in total. The van der Waals surface area contributed by atoms with E-state index in [-0.39, 0.29) is 5.60 Å². The summed E-state index contributed by atoms with van der Waals surface area (Å²) in [6.45, 7) is 7.50. The van der Waals surface area contributed by atoms with Gasteiger partial charge in [0.05, 0.1) is 0 Å². The van der Waals surface area contributed by atoms with Crippen molar-refractivity contribution in [1.29, 1.82) is 0 Å². The third-order valence-electron chi connectivity index (χ3n) is 1.81. The summed E-state index contributed by atoms with van der Waals surface area (Å²) in [5.41, 5.74) is -0.281. The van der Waals surface area contributed by atoms with Crippen molar-refractivity contribution in [3.05, 3.63) is 0 Å². The third-order valence-corrected chi connectivity index (χ3v) is 1.81. The lowest BCUT2D eigenvalue weighted by Crippen LogP contribution is -2.26. The average Bonchev–Trinajstić information content (AvgIpc) is 1.89. The Balaban J connectivity index is 3.80. The number of hydrogen-bond donors (Lipinski definition) is 0. The molecule has 0 aliphatic rings. The van der Waals surface area contributed by atoms with Crippen LogP contribution in [0.3, 0.4) is 0 Å². The molecule has 0 spiro atoms. The molecule has 1 radical (unpaired) electrons. The molecule has 0 saturated carbocycles. The lowest BCUT2D eigenvalue weighted by molar-refractivity contribution is 0.0564. The highest BCUT2D eigenvalue weighted by Crippen LogP contribution is 2.19. The van der Waals surface area contributed by atoms with Crippen LogP contribution < -0.4 is 0 Å². The quantitative estimate of drug-likeness (QED) is 0.588. The van der Waals surface area contributed by atoms with Crippen molar-refractivity contribution in [2.45, 2.75) is 45.6 Å². The smallest absolute Gasteiger partial charge is 0.418 e. The molecule has 0 aromatic carbocycles. The molecule has 0 saturated heterocycles. The Morgan fingerprint density at radius 1 is 1.50 bits per heavy atom. The Labute approximate surface area is 62.6 Å². The van der Waals surface area contributed by atoms with Crippen molar-refractivity contribution in [2.75, 3.05) is 0 Å². The second kappa shape index (κ2) is 4.31. The second-order valence-electron chi connectivity index (χ2n) is 2.74. The fourth-order valence-corrected chi connectivity index (χ4v) is 0.929. The highest BCUT2D eigenvalue weighted by Gasteiger charge is 2.21. The van der Waals surface area contributed by atoms with Gasteiger partial charge in [0.15, 0.2) is 0 Å². The van der Waals surface area contributed by atoms with Crippen molar-refractivity contribution in [3.8, 4) is 0 Å². The molecule has 0 aromatic heterocycles. The van der Waals surface area contributed by atoms with Gasteiger partial charge in [-0.1, -0.05) is 20.3 Å². The lowest BCUT2D eigenvalue weighted by atomic mass is 9.97. The van der Waals surface area contributed by atoms with Gasteiger partial charge in [0.25, 0.3) is 0 Å². The largest absolute Gasteiger partial charge is 0.451 e. The van der Waals surface area contributed by atoms with Gasteiger partial charge in [-0.25, -0.2) is 4.79 Å². The van der Waals surface area contributed by atoms with E-state index in [0.29, 0.717) is 0 Å². The lowest BCUT2D eigenvalue weighted by Gasteiger charge is -2.24. The van der Waals surface area contributed by atoms with Crippen molar-refractivity contribution in [1.82, 2.24) is 0 Å². The molecule has 1 unspecified atom stereocenters. The zero-order valence-electron chi connectivity index (χ0n) is 6.94. The third kappa shape index (κ3) is 2.85. The first-order valence-corrected chi connectivity index (χ1v) is 3.73. The highest BCUT2D eigenvalue weighted by atomic mass is 16.5. The van der Waals surface area contributed by atoms with E-state index >= 15 is 0 Å². The van der Waals surface area contributed by atoms with Crippen molar-refractivity contribution >= 4 is 6.47 Å². The van der Waals surface area contributed by atoms with Crippen molar-refractivity contribution in [2.24, 2.45) is 0 Å². The topological polar surface area (TPSA) is 26.3 Å². The van der Waals surface area contributed by atoms with Gasteiger partial charge in [-0.15, -0.1) is 0 Å². The zero-order valence-corrected chi connectivity index (χ0v) is 6.94. The molecule has 0 heterocycles. The van der Waals surface area contributed by atoms with Crippen molar-refractivity contribution < 1.29 is 9.53 Å². The zero-order chi connectivity index (χ0) is 8.04. The van der Waals surface area contributed by atoms with Crippen LogP contribution in [0.4, 0.5) is 0 Å². The monoisotopic (exact) mass is 143 g/mol. The Bertz CT molecular complexity index is 101. The Morgan fingerprint density at radius 2 is 2.10 bits per heavy atom. The minimum absolute atomic E-state index is 0.281. The van der Waals surface area contributed by atoms with Gasteiger partial charge >= 0.3 is 6.47 Å². The van der Waals surface area contributed by atoms with E-state index in [0.717, 1.165) is 19.3 Å². The molecular weight excluding hydrogens is 128 g/mol. The van der Waals surface area contributed by atoms with Crippen LogP contribution >= 0.6 is 0 Å². The predicted octanol–water partition coefficient (Wildman–Crippen LogP) is 2.04. The molecule has 10 heavy (non-hydrogen) atoms. The second-order valence-corrected chi connectivity index (χ2v) is 2.74. The number of hydrogen-bond acceptors (Lipinski definition) is 2. The normalized spacial score (nSPS) is 15.9. The fourth-order valence-electron chi connectivity index (χ4n) is 0.929. The van der Waals surface area contributed by atoms with Gasteiger partial charge in [-0.2, -0.15) is 0 Å². The Kier molecular flexibility index (Phi) is 4.08. The summed E-state index contributed by atoms with van der Waals surface area (Å²) in [6, 6.07) is 0. The minimum Gasteiger partial charge on any atom is -0.451 e. The van der Waals surface area contributed by atoms with Gasteiger partial charge in [0.2, 0.25) is 0 Å². The standard InChI is InChI=1S/C8H15O2/c1-4-6-8(3,5-2)10-7-9/h4-6H2,1-3H3. The first kappa shape index (κ1) is 9.47. The van der Waals surface area contributed by atoms with E-state index in [1.165, 1.54) is 6.47 Å². The molecule has 0 bridgehead atoms. The van der Waals surface area contributed by atoms with Gasteiger partial charge in [-0.3, -0.25) is 0 Å². The first-order chi connectivity index (χ1) is 4.68. The fraction of sp³-hybridized carbons (Fsp3) is 0.875. The summed E-state index contributed by atoms with van der Waals surface area (Å²) in [6.07, 6.45) is 2.81. The Hall–Kier alpha value is -0.530. The summed E-state index contributed by atoms with van der Waals surface area (Å²) in [4.78, 5) is 9.91. The number of ether oxygens (including phenoxy) is 1. The van der Waals surface area contributed by atoms with Gasteiger partial charge in [-0.05, 0) is 19.8 Å². The van der Waals surface area contributed by atoms with Crippen LogP contribution in [0.2, 0.25) is 0 Å². The van der Waals surface area contributed by atoms with Crippen LogP contribution in [-0.2, 0) is 9.53 Å². The Morgan fingerprint density at radius 3 is 2.40 bits per heavy atom. The maximum atomic E-state index is 9.91. The van der Waals surface area contributed by atoms with E-state index in [1.54, 1.807) is 0 Å². The van der Waals surface area contributed by atoms with Crippen LogP contribution in [-0.4, -0.2) is 12.1 Å². The molecule has 2 heteroatoms. The molecule has 0 rings (SSSR count). The minimum atomic E-state index is -0.281. The molecule has 0 aromatic rings. The van der Waals surface area contributed by atoms with E-state index < -0.39 is 0 Å². The molecule has 59 valence electrons. The molecule has 1 atom stereocenters.